The SMILES string of the molecule is Cc1c(C)n(Cc2ccc(Br)cc2)c2ncnc(N)c12. The highest BCUT2D eigenvalue weighted by Gasteiger charge is 2.15. The molecule has 0 atom stereocenters. The number of hydrogen-bond donors (Lipinski definition) is 1. The molecular formula is C15H15BrN4. The fourth-order valence-electron chi connectivity index (χ4n) is 2.46. The van der Waals surface area contributed by atoms with Crippen LogP contribution in [0.4, 0.5) is 5.82 Å². The lowest BCUT2D eigenvalue weighted by Crippen LogP contribution is -2.03. The molecule has 0 saturated heterocycles. The topological polar surface area (TPSA) is 56.7 Å². The molecule has 5 heteroatoms. The van der Waals surface area contributed by atoms with Gasteiger partial charge in [0, 0.05) is 16.7 Å². The Hall–Kier alpha value is -1.88. The zero-order valence-electron chi connectivity index (χ0n) is 11.4. The number of halogens is 1. The molecule has 0 bridgehead atoms. The molecule has 2 aromatic heterocycles. The van der Waals surface area contributed by atoms with Gasteiger partial charge in [0.05, 0.1) is 5.39 Å². The number of fused-ring (bicyclic) bond motifs is 1. The number of nitrogens with two attached hydrogens (primary N) is 1. The molecule has 0 aliphatic rings. The van der Waals surface area contributed by atoms with E-state index in [1.165, 1.54) is 17.6 Å². The third-order valence-electron chi connectivity index (χ3n) is 3.69. The largest absolute Gasteiger partial charge is 0.383 e. The van der Waals surface area contributed by atoms with Crippen LogP contribution in [0, 0.1) is 13.8 Å². The van der Waals surface area contributed by atoms with Crippen molar-refractivity contribution < 1.29 is 0 Å². The summed E-state index contributed by atoms with van der Waals surface area (Å²) >= 11 is 3.45. The molecule has 0 amide bonds. The summed E-state index contributed by atoms with van der Waals surface area (Å²) in [4.78, 5) is 8.49. The monoisotopic (exact) mass is 330 g/mol. The maximum absolute atomic E-state index is 5.98. The Morgan fingerprint density at radius 3 is 2.55 bits per heavy atom. The first-order valence-corrected chi connectivity index (χ1v) is 7.17. The molecule has 4 nitrogen and oxygen atoms in total. The van der Waals surface area contributed by atoms with Gasteiger partial charge in [0.15, 0.2) is 0 Å². The summed E-state index contributed by atoms with van der Waals surface area (Å²) in [6, 6.07) is 8.31. The number of aryl methyl sites for hydroxylation is 1. The van der Waals surface area contributed by atoms with E-state index < -0.39 is 0 Å². The lowest BCUT2D eigenvalue weighted by Gasteiger charge is -2.08. The minimum absolute atomic E-state index is 0.546. The van der Waals surface area contributed by atoms with Crippen LogP contribution in [0.5, 0.6) is 0 Å². The summed E-state index contributed by atoms with van der Waals surface area (Å²) in [5.74, 6) is 0.546. The van der Waals surface area contributed by atoms with Crippen molar-refractivity contribution in [2.24, 2.45) is 0 Å². The zero-order chi connectivity index (χ0) is 14.3. The Balaban J connectivity index is 2.14. The lowest BCUT2D eigenvalue weighted by atomic mass is 10.2. The average molecular weight is 331 g/mol. The number of nitrogens with zero attached hydrogens (tertiary/aromatic N) is 3. The molecule has 2 N–H and O–H groups in total. The number of benzene rings is 1. The van der Waals surface area contributed by atoms with Crippen LogP contribution in [0.2, 0.25) is 0 Å². The lowest BCUT2D eigenvalue weighted by molar-refractivity contribution is 0.790. The molecule has 20 heavy (non-hydrogen) atoms. The van der Waals surface area contributed by atoms with E-state index in [1.807, 2.05) is 12.1 Å². The van der Waals surface area contributed by atoms with Gasteiger partial charge in [-0.1, -0.05) is 28.1 Å². The van der Waals surface area contributed by atoms with Crippen LogP contribution < -0.4 is 5.73 Å². The standard InChI is InChI=1S/C15H15BrN4/c1-9-10(2)20(7-11-3-5-12(16)6-4-11)15-13(9)14(17)18-8-19-15/h3-6,8H,7H2,1-2H3,(H2,17,18,19). The first-order chi connectivity index (χ1) is 9.58. The summed E-state index contributed by atoms with van der Waals surface area (Å²) in [7, 11) is 0. The molecule has 3 aromatic rings. The summed E-state index contributed by atoms with van der Waals surface area (Å²) < 4.78 is 3.27. The van der Waals surface area contributed by atoms with Crippen molar-refractivity contribution in [2.45, 2.75) is 20.4 Å². The van der Waals surface area contributed by atoms with Crippen molar-refractivity contribution in [3.05, 3.63) is 51.9 Å². The van der Waals surface area contributed by atoms with Crippen LogP contribution in [0.25, 0.3) is 11.0 Å². The van der Waals surface area contributed by atoms with E-state index in [0.717, 1.165) is 27.6 Å². The summed E-state index contributed by atoms with van der Waals surface area (Å²) in [6.45, 7) is 4.94. The Kier molecular flexibility index (Phi) is 3.22. The first-order valence-electron chi connectivity index (χ1n) is 6.38. The van der Waals surface area contributed by atoms with Gasteiger partial charge >= 0.3 is 0 Å². The Bertz CT molecular complexity index is 775. The number of aromatic nitrogens is 3. The molecular weight excluding hydrogens is 316 g/mol. The fourth-order valence-corrected chi connectivity index (χ4v) is 2.73. The first kappa shape index (κ1) is 13.1. The van der Waals surface area contributed by atoms with Gasteiger partial charge in [-0.2, -0.15) is 0 Å². The minimum Gasteiger partial charge on any atom is -0.383 e. The highest BCUT2D eigenvalue weighted by Crippen LogP contribution is 2.27. The van der Waals surface area contributed by atoms with E-state index in [-0.39, 0.29) is 0 Å². The second-order valence-corrected chi connectivity index (χ2v) is 5.80. The van der Waals surface area contributed by atoms with Crippen LogP contribution in [0.15, 0.2) is 35.1 Å². The van der Waals surface area contributed by atoms with Crippen LogP contribution in [0.3, 0.4) is 0 Å². The quantitative estimate of drug-likeness (QED) is 0.783. The second-order valence-electron chi connectivity index (χ2n) is 4.88. The average Bonchev–Trinajstić information content (AvgIpc) is 2.67. The molecule has 0 radical (unpaired) electrons. The van der Waals surface area contributed by atoms with E-state index in [4.69, 9.17) is 5.73 Å². The number of hydrogen-bond acceptors (Lipinski definition) is 3. The van der Waals surface area contributed by atoms with Crippen LogP contribution in [-0.4, -0.2) is 14.5 Å². The van der Waals surface area contributed by atoms with E-state index in [1.54, 1.807) is 0 Å². The van der Waals surface area contributed by atoms with E-state index in [2.05, 4.69) is 56.4 Å². The van der Waals surface area contributed by atoms with E-state index in [0.29, 0.717) is 5.82 Å². The molecule has 0 aliphatic carbocycles. The van der Waals surface area contributed by atoms with Gasteiger partial charge in [-0.3, -0.25) is 0 Å². The zero-order valence-corrected chi connectivity index (χ0v) is 13.0. The predicted molar refractivity (Wildman–Crippen MR) is 84.7 cm³/mol. The van der Waals surface area contributed by atoms with E-state index in [9.17, 15) is 0 Å². The number of nitrogen functional groups attached to an aromatic ring is 1. The Morgan fingerprint density at radius 1 is 1.15 bits per heavy atom. The van der Waals surface area contributed by atoms with Crippen molar-refractivity contribution in [1.29, 1.82) is 0 Å². The summed E-state index contributed by atoms with van der Waals surface area (Å²) in [5, 5.41) is 0.960. The molecule has 0 aliphatic heterocycles. The fraction of sp³-hybridized carbons (Fsp3) is 0.200. The second kappa shape index (κ2) is 4.90. The van der Waals surface area contributed by atoms with Gasteiger partial charge in [0.1, 0.15) is 17.8 Å². The molecule has 0 fully saturated rings. The summed E-state index contributed by atoms with van der Waals surface area (Å²) in [5.41, 5.74) is 10.4. The molecule has 102 valence electrons. The molecule has 0 unspecified atom stereocenters. The minimum atomic E-state index is 0.546. The van der Waals surface area contributed by atoms with Crippen molar-refractivity contribution in [3.63, 3.8) is 0 Å². The molecule has 2 heterocycles. The van der Waals surface area contributed by atoms with Gasteiger partial charge in [-0.15, -0.1) is 0 Å². The Morgan fingerprint density at radius 2 is 1.85 bits per heavy atom. The summed E-state index contributed by atoms with van der Waals surface area (Å²) in [6.07, 6.45) is 1.52. The predicted octanol–water partition coefficient (Wildman–Crippen LogP) is 3.44. The number of anilines is 1. The van der Waals surface area contributed by atoms with E-state index >= 15 is 0 Å². The molecule has 3 rings (SSSR count). The van der Waals surface area contributed by atoms with Crippen LogP contribution in [-0.2, 0) is 6.54 Å². The highest BCUT2D eigenvalue weighted by atomic mass is 79.9. The van der Waals surface area contributed by atoms with Crippen molar-refractivity contribution in [2.75, 3.05) is 5.73 Å². The van der Waals surface area contributed by atoms with Crippen LogP contribution >= 0.6 is 15.9 Å². The maximum atomic E-state index is 5.98. The molecule has 0 spiro atoms. The smallest absolute Gasteiger partial charge is 0.146 e. The third-order valence-corrected chi connectivity index (χ3v) is 4.22. The van der Waals surface area contributed by atoms with Gasteiger partial charge in [0.2, 0.25) is 0 Å². The third kappa shape index (κ3) is 2.08. The number of rotatable bonds is 2. The van der Waals surface area contributed by atoms with Crippen molar-refractivity contribution in [1.82, 2.24) is 14.5 Å². The van der Waals surface area contributed by atoms with Gasteiger partial charge in [-0.25, -0.2) is 9.97 Å². The highest BCUT2D eigenvalue weighted by molar-refractivity contribution is 9.10. The van der Waals surface area contributed by atoms with Crippen molar-refractivity contribution in [3.8, 4) is 0 Å². The van der Waals surface area contributed by atoms with Gasteiger partial charge in [0.25, 0.3) is 0 Å². The maximum Gasteiger partial charge on any atom is 0.146 e. The normalized spacial score (nSPS) is 11.2. The van der Waals surface area contributed by atoms with Gasteiger partial charge < -0.3 is 10.3 Å². The van der Waals surface area contributed by atoms with Crippen LogP contribution in [0.1, 0.15) is 16.8 Å². The van der Waals surface area contributed by atoms with Gasteiger partial charge in [-0.05, 0) is 37.1 Å². The molecule has 0 saturated carbocycles. The van der Waals surface area contributed by atoms with Crippen molar-refractivity contribution >= 4 is 32.8 Å². The Labute approximate surface area is 125 Å². The molecule has 1 aromatic carbocycles.